The Labute approximate surface area is 106 Å². The van der Waals surface area contributed by atoms with E-state index >= 15 is 0 Å². The molecule has 1 saturated carbocycles. The Bertz CT molecular complexity index is 264. The first-order valence-corrected chi connectivity index (χ1v) is 5.58. The molecule has 0 heterocycles. The van der Waals surface area contributed by atoms with Crippen molar-refractivity contribution < 1.29 is 36.6 Å². The SMILES string of the molecule is NC1CCC(OCC(F)F)CC1.O=C(O)C(F)(F)F. The fraction of sp³-hybridized carbons (Fsp3) is 0.900. The molecule has 0 aromatic rings. The first kappa shape index (κ1) is 18.0. The van der Waals surface area contributed by atoms with E-state index in [0.717, 1.165) is 25.7 Å². The molecule has 0 saturated heterocycles. The molecule has 1 aliphatic rings. The number of carboxylic acids is 1. The third kappa shape index (κ3) is 9.60. The van der Waals surface area contributed by atoms with Crippen molar-refractivity contribution in [1.29, 1.82) is 0 Å². The molecule has 1 aliphatic carbocycles. The summed E-state index contributed by atoms with van der Waals surface area (Å²) in [5, 5.41) is 7.12. The van der Waals surface area contributed by atoms with Gasteiger partial charge in [0, 0.05) is 6.04 Å². The summed E-state index contributed by atoms with van der Waals surface area (Å²) in [5.41, 5.74) is 5.65. The Morgan fingerprint density at radius 3 is 2.00 bits per heavy atom. The monoisotopic (exact) mass is 293 g/mol. The Morgan fingerprint density at radius 1 is 1.26 bits per heavy atom. The molecule has 3 N–H and O–H groups in total. The van der Waals surface area contributed by atoms with Crippen LogP contribution in [0, 0.1) is 0 Å². The summed E-state index contributed by atoms with van der Waals surface area (Å²) in [6, 6.07) is 0.247. The molecule has 0 aromatic heterocycles. The lowest BCUT2D eigenvalue weighted by Crippen LogP contribution is -2.31. The normalized spacial score (nSPS) is 23.7. The zero-order valence-electron chi connectivity index (χ0n) is 10.00. The number of ether oxygens (including phenoxy) is 1. The average molecular weight is 293 g/mol. The summed E-state index contributed by atoms with van der Waals surface area (Å²) in [6.45, 7) is -0.431. The highest BCUT2D eigenvalue weighted by Crippen LogP contribution is 2.20. The van der Waals surface area contributed by atoms with Gasteiger partial charge in [-0.2, -0.15) is 13.2 Å². The van der Waals surface area contributed by atoms with Crippen LogP contribution in [0.3, 0.4) is 0 Å². The smallest absolute Gasteiger partial charge is 0.475 e. The van der Waals surface area contributed by atoms with Gasteiger partial charge in [-0.15, -0.1) is 0 Å². The molecule has 0 atom stereocenters. The van der Waals surface area contributed by atoms with Crippen LogP contribution >= 0.6 is 0 Å². The van der Waals surface area contributed by atoms with Gasteiger partial charge in [0.25, 0.3) is 6.43 Å². The van der Waals surface area contributed by atoms with Gasteiger partial charge in [0.05, 0.1) is 6.10 Å². The molecule has 0 radical (unpaired) electrons. The largest absolute Gasteiger partial charge is 0.490 e. The molecular weight excluding hydrogens is 277 g/mol. The van der Waals surface area contributed by atoms with Crippen molar-refractivity contribution in [2.75, 3.05) is 6.61 Å². The van der Waals surface area contributed by atoms with Crippen molar-refractivity contribution >= 4 is 5.97 Å². The first-order valence-electron chi connectivity index (χ1n) is 5.58. The van der Waals surface area contributed by atoms with Crippen LogP contribution in [0.5, 0.6) is 0 Å². The van der Waals surface area contributed by atoms with Crippen LogP contribution in [0.15, 0.2) is 0 Å². The van der Waals surface area contributed by atoms with Gasteiger partial charge >= 0.3 is 12.1 Å². The molecule has 0 amide bonds. The van der Waals surface area contributed by atoms with Gasteiger partial charge in [0.2, 0.25) is 0 Å². The zero-order valence-corrected chi connectivity index (χ0v) is 10.00. The molecular formula is C10H16F5NO3. The van der Waals surface area contributed by atoms with E-state index in [-0.39, 0.29) is 12.1 Å². The number of hydrogen-bond acceptors (Lipinski definition) is 3. The van der Waals surface area contributed by atoms with E-state index in [1.165, 1.54) is 0 Å². The van der Waals surface area contributed by atoms with Gasteiger partial charge in [-0.05, 0) is 25.7 Å². The van der Waals surface area contributed by atoms with Gasteiger partial charge in [-0.25, -0.2) is 13.6 Å². The Morgan fingerprint density at radius 2 is 1.68 bits per heavy atom. The average Bonchev–Trinajstić information content (AvgIpc) is 2.27. The van der Waals surface area contributed by atoms with E-state index in [1.54, 1.807) is 0 Å². The zero-order chi connectivity index (χ0) is 15.1. The van der Waals surface area contributed by atoms with Gasteiger partial charge in [0.15, 0.2) is 0 Å². The van der Waals surface area contributed by atoms with Crippen molar-refractivity contribution in [3.8, 4) is 0 Å². The summed E-state index contributed by atoms with van der Waals surface area (Å²) >= 11 is 0. The summed E-state index contributed by atoms with van der Waals surface area (Å²) in [5.74, 6) is -2.76. The van der Waals surface area contributed by atoms with Crippen molar-refractivity contribution in [2.24, 2.45) is 5.73 Å². The lowest BCUT2D eigenvalue weighted by Gasteiger charge is -2.25. The van der Waals surface area contributed by atoms with E-state index in [1.807, 2.05) is 0 Å². The van der Waals surface area contributed by atoms with Gasteiger partial charge in [-0.1, -0.05) is 0 Å². The van der Waals surface area contributed by atoms with Gasteiger partial charge in [0.1, 0.15) is 6.61 Å². The maximum absolute atomic E-state index is 11.7. The van der Waals surface area contributed by atoms with Crippen LogP contribution < -0.4 is 5.73 Å². The van der Waals surface area contributed by atoms with Gasteiger partial charge in [-0.3, -0.25) is 0 Å². The van der Waals surface area contributed by atoms with Crippen LogP contribution in [-0.2, 0) is 9.53 Å². The van der Waals surface area contributed by atoms with E-state index in [9.17, 15) is 22.0 Å². The molecule has 0 spiro atoms. The van der Waals surface area contributed by atoms with E-state index < -0.39 is 25.2 Å². The molecule has 1 rings (SSSR count). The number of rotatable bonds is 3. The molecule has 9 heteroatoms. The van der Waals surface area contributed by atoms with Crippen molar-refractivity contribution in [2.45, 2.75) is 50.4 Å². The van der Waals surface area contributed by atoms with Crippen LogP contribution in [0.4, 0.5) is 22.0 Å². The summed E-state index contributed by atoms with van der Waals surface area (Å²) in [6.07, 6.45) is -3.97. The molecule has 0 aromatic carbocycles. The molecule has 0 unspecified atom stereocenters. The maximum atomic E-state index is 11.7. The number of nitrogens with two attached hydrogens (primary N) is 1. The molecule has 0 aliphatic heterocycles. The summed E-state index contributed by atoms with van der Waals surface area (Å²) in [4.78, 5) is 8.90. The highest BCUT2D eigenvalue weighted by Gasteiger charge is 2.38. The van der Waals surface area contributed by atoms with E-state index in [4.69, 9.17) is 20.4 Å². The number of aliphatic carboxylic acids is 1. The Balaban J connectivity index is 0.000000399. The molecule has 19 heavy (non-hydrogen) atoms. The van der Waals surface area contributed by atoms with Crippen molar-refractivity contribution in [3.05, 3.63) is 0 Å². The maximum Gasteiger partial charge on any atom is 0.490 e. The minimum Gasteiger partial charge on any atom is -0.475 e. The Hall–Kier alpha value is -0.960. The fourth-order valence-electron chi connectivity index (χ4n) is 1.46. The summed E-state index contributed by atoms with van der Waals surface area (Å²) < 4.78 is 60.2. The lowest BCUT2D eigenvalue weighted by atomic mass is 9.94. The Kier molecular flexibility index (Phi) is 7.84. The molecule has 4 nitrogen and oxygen atoms in total. The number of hydrogen-bond donors (Lipinski definition) is 2. The van der Waals surface area contributed by atoms with Crippen LogP contribution in [0.2, 0.25) is 0 Å². The molecule has 1 fully saturated rings. The van der Waals surface area contributed by atoms with Crippen LogP contribution in [0.25, 0.3) is 0 Å². The van der Waals surface area contributed by atoms with Crippen molar-refractivity contribution in [1.82, 2.24) is 0 Å². The van der Waals surface area contributed by atoms with Gasteiger partial charge < -0.3 is 15.6 Å². The number of halogens is 5. The predicted molar refractivity (Wildman–Crippen MR) is 55.9 cm³/mol. The first-order chi connectivity index (χ1) is 8.62. The minimum absolute atomic E-state index is 0.0128. The minimum atomic E-state index is -5.08. The molecule has 114 valence electrons. The number of alkyl halides is 5. The third-order valence-electron chi connectivity index (χ3n) is 2.42. The lowest BCUT2D eigenvalue weighted by molar-refractivity contribution is -0.192. The standard InChI is InChI=1S/C8H15F2NO.C2HF3O2/c9-8(10)5-12-7-3-1-6(11)2-4-7;3-2(4,5)1(6)7/h6-8H,1-5,11H2;(H,6,7). The third-order valence-corrected chi connectivity index (χ3v) is 2.42. The van der Waals surface area contributed by atoms with Crippen molar-refractivity contribution in [3.63, 3.8) is 0 Å². The predicted octanol–water partition coefficient (Wildman–Crippen LogP) is 2.17. The second kappa shape index (κ2) is 8.26. The fourth-order valence-corrected chi connectivity index (χ4v) is 1.46. The van der Waals surface area contributed by atoms with Crippen LogP contribution in [0.1, 0.15) is 25.7 Å². The molecule has 0 bridgehead atoms. The highest BCUT2D eigenvalue weighted by atomic mass is 19.4. The highest BCUT2D eigenvalue weighted by molar-refractivity contribution is 5.73. The topological polar surface area (TPSA) is 72.5 Å². The van der Waals surface area contributed by atoms with Crippen LogP contribution in [-0.4, -0.2) is 42.4 Å². The quantitative estimate of drug-likeness (QED) is 0.782. The van der Waals surface area contributed by atoms with E-state index in [0.29, 0.717) is 0 Å². The second-order valence-corrected chi connectivity index (χ2v) is 4.06. The second-order valence-electron chi connectivity index (χ2n) is 4.06. The number of carboxylic acid groups (broad SMARTS) is 1. The summed E-state index contributed by atoms with van der Waals surface area (Å²) in [7, 11) is 0. The number of carbonyl (C=O) groups is 1. The van der Waals surface area contributed by atoms with E-state index in [2.05, 4.69) is 0 Å².